The molecular formula is C10H17Cl3HfP. The molecule has 1 rings (SSSR count). The van der Waals surface area contributed by atoms with Gasteiger partial charge in [0.05, 0.1) is 0 Å². The fraction of sp³-hybridized carbons (Fsp3) is 0.600. The van der Waals surface area contributed by atoms with Crippen molar-refractivity contribution >= 4 is 7.92 Å². The van der Waals surface area contributed by atoms with Crippen molar-refractivity contribution in [1.29, 1.82) is 0 Å². The van der Waals surface area contributed by atoms with Gasteiger partial charge in [0.15, 0.2) is 0 Å². The zero-order chi connectivity index (χ0) is 8.97. The molecule has 0 saturated carbocycles. The van der Waals surface area contributed by atoms with E-state index in [1.807, 2.05) is 3.33 Å². The molecule has 1 aliphatic carbocycles. The Morgan fingerprint density at radius 2 is 1.93 bits per heavy atom. The van der Waals surface area contributed by atoms with Crippen molar-refractivity contribution < 1.29 is 60.1 Å². The average Bonchev–Trinajstić information content (AvgIpc) is 2.37. The molecule has 0 aromatic heterocycles. The normalized spacial score (nSPS) is 14.3. The number of hydrogen-bond donors (Lipinski definition) is 0. The Morgan fingerprint density at radius 1 is 1.33 bits per heavy atom. The summed E-state index contributed by atoms with van der Waals surface area (Å²) in [6.07, 6.45) is 9.70. The molecule has 0 radical (unpaired) electrons. The summed E-state index contributed by atoms with van der Waals surface area (Å²) in [4.78, 5) is 0. The average molecular weight is 453 g/mol. The Labute approximate surface area is 125 Å². The van der Waals surface area contributed by atoms with Crippen molar-refractivity contribution in [3.63, 3.8) is 0 Å². The van der Waals surface area contributed by atoms with Crippen LogP contribution in [0.25, 0.3) is 0 Å². The van der Waals surface area contributed by atoms with E-state index < -0.39 is 22.9 Å². The molecule has 87 valence electrons. The van der Waals surface area contributed by atoms with Crippen LogP contribution in [-0.4, -0.2) is 19.5 Å². The molecule has 0 heterocycles. The van der Waals surface area contributed by atoms with Crippen LogP contribution >= 0.6 is 7.92 Å². The van der Waals surface area contributed by atoms with Crippen LogP contribution in [0.4, 0.5) is 0 Å². The zero-order valence-electron chi connectivity index (χ0n) is 9.30. The van der Waals surface area contributed by atoms with Crippen LogP contribution in [0.5, 0.6) is 0 Å². The maximum atomic E-state index is 2.46. The number of hydrogen-bond acceptors (Lipinski definition) is 0. The summed E-state index contributed by atoms with van der Waals surface area (Å²) in [6, 6.07) is 0. The van der Waals surface area contributed by atoms with Crippen LogP contribution < -0.4 is 37.2 Å². The molecule has 0 fully saturated rings. The summed E-state index contributed by atoms with van der Waals surface area (Å²) < 4.78 is 2.90. The second kappa shape index (κ2) is 12.1. The molecule has 0 aliphatic heterocycles. The first-order valence-corrected chi connectivity index (χ1v) is 10.7. The largest absolute Gasteiger partial charge is 1.00 e. The maximum absolute atomic E-state index is 2.46. The van der Waals surface area contributed by atoms with Gasteiger partial charge in [-0.25, -0.2) is 0 Å². The molecule has 1 aliphatic rings. The molecule has 15 heavy (non-hydrogen) atoms. The molecule has 0 spiro atoms. The zero-order valence-corrected chi connectivity index (χ0v) is 16.1. The molecule has 0 nitrogen and oxygen atoms in total. The van der Waals surface area contributed by atoms with E-state index in [0.717, 1.165) is 3.67 Å². The SMILES string of the molecule is C[CH](CP(C)C)[Hf+3][C]1=CC=CC1.[Cl-].[Cl-].[Cl-]. The fourth-order valence-corrected chi connectivity index (χ4v) is 11.4. The smallest absolute Gasteiger partial charge is 1.00 e. The first-order valence-electron chi connectivity index (χ1n) is 4.45. The van der Waals surface area contributed by atoms with E-state index in [-0.39, 0.29) is 37.2 Å². The van der Waals surface area contributed by atoms with Gasteiger partial charge in [-0.2, -0.15) is 0 Å². The maximum Gasteiger partial charge on any atom is -1.00 e. The van der Waals surface area contributed by atoms with Crippen LogP contribution in [-0.2, 0) is 22.9 Å². The predicted molar refractivity (Wildman–Crippen MR) is 54.9 cm³/mol. The molecule has 0 aromatic carbocycles. The Hall–Kier alpha value is 1.65. The van der Waals surface area contributed by atoms with E-state index in [2.05, 4.69) is 38.5 Å². The fourth-order valence-electron chi connectivity index (χ4n) is 1.46. The molecule has 0 bridgehead atoms. The van der Waals surface area contributed by atoms with Crippen LogP contribution in [0.15, 0.2) is 21.6 Å². The quantitative estimate of drug-likeness (QED) is 0.295. The van der Waals surface area contributed by atoms with Crippen molar-refractivity contribution in [3.05, 3.63) is 21.6 Å². The summed E-state index contributed by atoms with van der Waals surface area (Å²) in [6.45, 7) is 7.26. The van der Waals surface area contributed by atoms with Crippen molar-refractivity contribution in [1.82, 2.24) is 0 Å². The van der Waals surface area contributed by atoms with Gasteiger partial charge in [0.2, 0.25) is 0 Å². The van der Waals surface area contributed by atoms with Gasteiger partial charge in [0, 0.05) is 0 Å². The van der Waals surface area contributed by atoms with E-state index in [0.29, 0.717) is 7.92 Å². The number of rotatable bonds is 4. The summed E-state index contributed by atoms with van der Waals surface area (Å²) in [5, 5.41) is 0. The third-order valence-electron chi connectivity index (χ3n) is 1.84. The third-order valence-corrected chi connectivity index (χ3v) is 9.52. The molecule has 0 saturated heterocycles. The van der Waals surface area contributed by atoms with Crippen LogP contribution in [0.3, 0.4) is 0 Å². The summed E-state index contributed by atoms with van der Waals surface area (Å²) in [5.41, 5.74) is 0. The van der Waals surface area contributed by atoms with E-state index in [9.17, 15) is 0 Å². The second-order valence-electron chi connectivity index (χ2n) is 3.63. The number of halogens is 3. The monoisotopic (exact) mass is 453 g/mol. The second-order valence-corrected chi connectivity index (χ2v) is 13.0. The van der Waals surface area contributed by atoms with Crippen LogP contribution in [0.1, 0.15) is 13.3 Å². The van der Waals surface area contributed by atoms with Gasteiger partial charge in [-0.15, -0.1) is 0 Å². The van der Waals surface area contributed by atoms with E-state index in [1.165, 1.54) is 12.6 Å². The van der Waals surface area contributed by atoms with Gasteiger partial charge in [0.25, 0.3) is 0 Å². The first kappa shape index (κ1) is 21.9. The van der Waals surface area contributed by atoms with Gasteiger partial charge in [-0.1, -0.05) is 0 Å². The minimum Gasteiger partial charge on any atom is -1.00 e. The van der Waals surface area contributed by atoms with Crippen molar-refractivity contribution in [2.24, 2.45) is 0 Å². The Bertz CT molecular complexity index is 205. The molecule has 1 atom stereocenters. The van der Waals surface area contributed by atoms with Gasteiger partial charge >= 0.3 is 88.9 Å². The molecule has 0 amide bonds. The van der Waals surface area contributed by atoms with E-state index in [4.69, 9.17) is 0 Å². The predicted octanol–water partition coefficient (Wildman–Crippen LogP) is -5.53. The standard InChI is InChI=1S/C5H12P.C5H5.3ClH.Hf/c1-4-5-6(2)3;1-2-4-5-3-1;;;;/h4H,5H2,1-3H3;1-3H,4H2;3*1H;/q;;;;;+3/p-3. The Balaban J connectivity index is -0.000000480. The Kier molecular flexibility index (Phi) is 17.7. The molecule has 0 N–H and O–H groups in total. The van der Waals surface area contributed by atoms with Gasteiger partial charge < -0.3 is 37.2 Å². The third kappa shape index (κ3) is 10.5. The van der Waals surface area contributed by atoms with Crippen LogP contribution in [0, 0.1) is 0 Å². The summed E-state index contributed by atoms with van der Waals surface area (Å²) in [7, 11) is 0.341. The van der Waals surface area contributed by atoms with E-state index in [1.54, 1.807) is 0 Å². The topological polar surface area (TPSA) is 0 Å². The van der Waals surface area contributed by atoms with Crippen LogP contribution in [0.2, 0.25) is 3.67 Å². The molecule has 5 heteroatoms. The minimum absolute atomic E-state index is 0. The Morgan fingerprint density at radius 3 is 2.33 bits per heavy atom. The van der Waals surface area contributed by atoms with Crippen molar-refractivity contribution in [3.8, 4) is 0 Å². The first-order chi connectivity index (χ1) is 5.68. The molecule has 0 aromatic rings. The molecule has 1 unspecified atom stereocenters. The molecular weight excluding hydrogens is 436 g/mol. The minimum atomic E-state index is -0.407. The summed E-state index contributed by atoms with van der Waals surface area (Å²) >= 11 is -0.407. The van der Waals surface area contributed by atoms with Crippen molar-refractivity contribution in [2.75, 3.05) is 19.5 Å². The summed E-state index contributed by atoms with van der Waals surface area (Å²) in [5.74, 6) is 0. The van der Waals surface area contributed by atoms with Gasteiger partial charge in [-0.3, -0.25) is 0 Å². The van der Waals surface area contributed by atoms with Crippen molar-refractivity contribution in [2.45, 2.75) is 17.0 Å². The van der Waals surface area contributed by atoms with Gasteiger partial charge in [0.1, 0.15) is 0 Å². The van der Waals surface area contributed by atoms with Gasteiger partial charge in [-0.05, 0) is 0 Å². The van der Waals surface area contributed by atoms with E-state index >= 15 is 0 Å². The number of allylic oxidation sites excluding steroid dienone is 4.